The van der Waals surface area contributed by atoms with Crippen LogP contribution in [0.4, 0.5) is 10.5 Å². The summed E-state index contributed by atoms with van der Waals surface area (Å²) in [4.78, 5) is 38.8. The quantitative estimate of drug-likeness (QED) is 0.246. The first-order valence-electron chi connectivity index (χ1n) is 13.8. The summed E-state index contributed by atoms with van der Waals surface area (Å²) >= 11 is 6.03. The molecule has 7 nitrogen and oxygen atoms in total. The van der Waals surface area contributed by atoms with E-state index in [1.807, 2.05) is 19.1 Å². The van der Waals surface area contributed by atoms with Crippen LogP contribution in [-0.4, -0.2) is 29.6 Å². The summed E-state index contributed by atoms with van der Waals surface area (Å²) in [7, 11) is 0. The number of hydrogen-bond donors (Lipinski definition) is 3. The van der Waals surface area contributed by atoms with Crippen molar-refractivity contribution < 1.29 is 19.5 Å². The van der Waals surface area contributed by atoms with Crippen molar-refractivity contribution >= 4 is 35.2 Å². The largest absolute Gasteiger partial charge is 0.481 e. The Morgan fingerprint density at radius 1 is 0.975 bits per heavy atom. The van der Waals surface area contributed by atoms with Crippen LogP contribution in [-0.2, 0) is 11.3 Å². The normalized spacial score (nSPS) is 14.2. The third-order valence-electron chi connectivity index (χ3n) is 7.40. The highest BCUT2D eigenvalue weighted by Crippen LogP contribution is 2.33. The first-order chi connectivity index (χ1) is 19.3. The van der Waals surface area contributed by atoms with E-state index in [0.29, 0.717) is 28.7 Å². The summed E-state index contributed by atoms with van der Waals surface area (Å²) in [6, 6.07) is 22.1. The number of nitrogens with zero attached hydrogens (tertiary/aromatic N) is 1. The number of carboxylic acid groups (broad SMARTS) is 1. The SMILES string of the molecule is C[C@H](NC(=O)N(Cc1ccc(C2CCCCC2)cc1)c1cccc(C(=O)NCCC(=O)O)c1)c1ccc(Cl)cc1. The van der Waals surface area contributed by atoms with Gasteiger partial charge in [-0.2, -0.15) is 0 Å². The third kappa shape index (κ3) is 8.09. The second-order valence-corrected chi connectivity index (χ2v) is 10.8. The van der Waals surface area contributed by atoms with Gasteiger partial charge in [0.25, 0.3) is 5.91 Å². The zero-order chi connectivity index (χ0) is 28.5. The first-order valence-corrected chi connectivity index (χ1v) is 14.2. The number of benzene rings is 3. The van der Waals surface area contributed by atoms with E-state index in [-0.39, 0.29) is 25.0 Å². The molecule has 8 heteroatoms. The molecule has 4 rings (SSSR count). The summed E-state index contributed by atoms with van der Waals surface area (Å²) in [6.45, 7) is 2.24. The lowest BCUT2D eigenvalue weighted by molar-refractivity contribution is -0.136. The second-order valence-electron chi connectivity index (χ2n) is 10.3. The Morgan fingerprint density at radius 2 is 1.68 bits per heavy atom. The third-order valence-corrected chi connectivity index (χ3v) is 7.65. The summed E-state index contributed by atoms with van der Waals surface area (Å²) in [5.41, 5.74) is 4.14. The Balaban J connectivity index is 1.55. The van der Waals surface area contributed by atoms with E-state index >= 15 is 0 Å². The van der Waals surface area contributed by atoms with Gasteiger partial charge in [-0.3, -0.25) is 14.5 Å². The monoisotopic (exact) mass is 561 g/mol. The van der Waals surface area contributed by atoms with Crippen LogP contribution in [0, 0.1) is 0 Å². The molecule has 0 saturated heterocycles. The van der Waals surface area contributed by atoms with E-state index in [2.05, 4.69) is 34.9 Å². The Bertz CT molecular complexity index is 1300. The van der Waals surface area contributed by atoms with Crippen molar-refractivity contribution in [3.63, 3.8) is 0 Å². The molecule has 3 N–H and O–H groups in total. The molecule has 0 radical (unpaired) electrons. The molecule has 3 amide bonds. The number of carbonyl (C=O) groups is 3. The lowest BCUT2D eigenvalue weighted by Gasteiger charge is -2.27. The zero-order valence-corrected chi connectivity index (χ0v) is 23.5. The molecule has 0 heterocycles. The Labute approximate surface area is 240 Å². The number of nitrogens with one attached hydrogen (secondary N) is 2. The number of urea groups is 1. The van der Waals surface area contributed by atoms with E-state index in [0.717, 1.165) is 11.1 Å². The van der Waals surface area contributed by atoms with Crippen molar-refractivity contribution in [2.75, 3.05) is 11.4 Å². The van der Waals surface area contributed by atoms with Gasteiger partial charge >= 0.3 is 12.0 Å². The van der Waals surface area contributed by atoms with Gasteiger partial charge in [-0.25, -0.2) is 4.79 Å². The standard InChI is InChI=1S/C32H36ClN3O4/c1-22(24-14-16-28(33)17-15-24)35-32(40)36(21-23-10-12-26(13-11-23)25-6-3-2-4-7-25)29-9-5-8-27(20-29)31(39)34-19-18-30(37)38/h5,8-17,20,22,25H,2-4,6-7,18-19,21H2,1H3,(H,34,39)(H,35,40)(H,37,38)/t22-/m0/s1. The minimum Gasteiger partial charge on any atom is -0.481 e. The maximum Gasteiger partial charge on any atom is 0.322 e. The Hall–Kier alpha value is -3.84. The average molecular weight is 562 g/mol. The van der Waals surface area contributed by atoms with Crippen LogP contribution in [0.1, 0.15) is 84.5 Å². The summed E-state index contributed by atoms with van der Waals surface area (Å²) in [5, 5.41) is 15.2. The molecule has 1 saturated carbocycles. The highest BCUT2D eigenvalue weighted by Gasteiger charge is 2.21. The molecule has 210 valence electrons. The van der Waals surface area contributed by atoms with E-state index in [4.69, 9.17) is 16.7 Å². The topological polar surface area (TPSA) is 98.7 Å². The number of anilines is 1. The van der Waals surface area contributed by atoms with E-state index in [9.17, 15) is 14.4 Å². The molecule has 1 atom stereocenters. The first kappa shape index (κ1) is 29.2. The number of hydrogen-bond acceptors (Lipinski definition) is 3. The minimum absolute atomic E-state index is 0.0224. The van der Waals surface area contributed by atoms with Crippen molar-refractivity contribution in [1.29, 1.82) is 0 Å². The molecule has 40 heavy (non-hydrogen) atoms. The van der Waals surface area contributed by atoms with E-state index in [1.54, 1.807) is 41.3 Å². The summed E-state index contributed by atoms with van der Waals surface area (Å²) < 4.78 is 0. The molecule has 0 aromatic heterocycles. The maximum absolute atomic E-state index is 13.7. The van der Waals surface area contributed by atoms with Gasteiger partial charge in [0.05, 0.1) is 19.0 Å². The number of rotatable bonds is 10. The van der Waals surface area contributed by atoms with Gasteiger partial charge in [0.1, 0.15) is 0 Å². The fourth-order valence-electron chi connectivity index (χ4n) is 5.09. The molecule has 0 aliphatic heterocycles. The number of carbonyl (C=O) groups excluding carboxylic acids is 2. The molecular formula is C32H36ClN3O4. The van der Waals surface area contributed by atoms with Crippen molar-refractivity contribution in [2.45, 2.75) is 64.0 Å². The molecule has 0 spiro atoms. The number of halogens is 1. The fraction of sp³-hybridized carbons (Fsp3) is 0.344. The van der Waals surface area contributed by atoms with Crippen molar-refractivity contribution in [2.24, 2.45) is 0 Å². The van der Waals surface area contributed by atoms with Gasteiger partial charge in [0.2, 0.25) is 0 Å². The van der Waals surface area contributed by atoms with Gasteiger partial charge in [0.15, 0.2) is 0 Å². The Morgan fingerprint density at radius 3 is 2.35 bits per heavy atom. The van der Waals surface area contributed by atoms with Gasteiger partial charge in [-0.1, -0.05) is 73.3 Å². The van der Waals surface area contributed by atoms with Crippen LogP contribution in [0.15, 0.2) is 72.8 Å². The van der Waals surface area contributed by atoms with Crippen LogP contribution in [0.2, 0.25) is 5.02 Å². The second kappa shape index (κ2) is 14.0. The molecule has 1 fully saturated rings. The molecule has 1 aliphatic carbocycles. The van der Waals surface area contributed by atoms with Gasteiger partial charge < -0.3 is 15.7 Å². The highest BCUT2D eigenvalue weighted by molar-refractivity contribution is 6.30. The van der Waals surface area contributed by atoms with E-state index in [1.165, 1.54) is 37.7 Å². The molecule has 0 unspecified atom stereocenters. The highest BCUT2D eigenvalue weighted by atomic mass is 35.5. The maximum atomic E-state index is 13.7. The zero-order valence-electron chi connectivity index (χ0n) is 22.7. The fourth-order valence-corrected chi connectivity index (χ4v) is 5.22. The van der Waals surface area contributed by atoms with E-state index < -0.39 is 11.9 Å². The van der Waals surface area contributed by atoms with Crippen molar-refractivity contribution in [1.82, 2.24) is 10.6 Å². The lowest BCUT2D eigenvalue weighted by Crippen LogP contribution is -2.41. The van der Waals surface area contributed by atoms with Crippen LogP contribution >= 0.6 is 11.6 Å². The minimum atomic E-state index is -0.985. The number of carboxylic acids is 1. The van der Waals surface area contributed by atoms with Crippen LogP contribution < -0.4 is 15.5 Å². The molecular weight excluding hydrogens is 526 g/mol. The smallest absolute Gasteiger partial charge is 0.322 e. The predicted octanol–water partition coefficient (Wildman–Crippen LogP) is 7.07. The number of aliphatic carboxylic acids is 1. The lowest BCUT2D eigenvalue weighted by atomic mass is 9.84. The number of amides is 3. The predicted molar refractivity (Wildman–Crippen MR) is 158 cm³/mol. The van der Waals surface area contributed by atoms with Crippen LogP contribution in [0.5, 0.6) is 0 Å². The summed E-state index contributed by atoms with van der Waals surface area (Å²) in [6.07, 6.45) is 6.12. The van der Waals surface area contributed by atoms with Crippen molar-refractivity contribution in [3.05, 3.63) is 100 Å². The van der Waals surface area contributed by atoms with Gasteiger partial charge in [-0.05, 0) is 72.7 Å². The van der Waals surface area contributed by atoms with Gasteiger partial charge in [0, 0.05) is 22.8 Å². The summed E-state index contributed by atoms with van der Waals surface area (Å²) in [5.74, 6) is -0.783. The molecule has 0 bridgehead atoms. The average Bonchev–Trinajstić information content (AvgIpc) is 2.96. The molecule has 3 aromatic carbocycles. The van der Waals surface area contributed by atoms with Gasteiger partial charge in [-0.15, -0.1) is 0 Å². The molecule has 1 aliphatic rings. The van der Waals surface area contributed by atoms with Crippen molar-refractivity contribution in [3.8, 4) is 0 Å². The Kier molecular flexibility index (Phi) is 10.2. The molecule has 3 aromatic rings. The van der Waals surface area contributed by atoms with Crippen LogP contribution in [0.3, 0.4) is 0 Å². The van der Waals surface area contributed by atoms with Crippen LogP contribution in [0.25, 0.3) is 0 Å².